The molecular weight excluding hydrogens is 396 g/mol. The Morgan fingerprint density at radius 2 is 1.87 bits per heavy atom. The largest absolute Gasteiger partial charge is 0.388 e. The van der Waals surface area contributed by atoms with Crippen molar-refractivity contribution in [2.75, 3.05) is 25.4 Å². The normalized spacial score (nSPS) is 36.5. The molecule has 3 aliphatic carbocycles. The molecule has 30 heavy (non-hydrogen) atoms. The van der Waals surface area contributed by atoms with Crippen LogP contribution in [0.15, 0.2) is 30.3 Å². The van der Waals surface area contributed by atoms with Crippen molar-refractivity contribution in [3.63, 3.8) is 0 Å². The van der Waals surface area contributed by atoms with Crippen LogP contribution in [0.4, 0.5) is 0 Å². The van der Waals surface area contributed by atoms with Gasteiger partial charge in [-0.1, -0.05) is 50.3 Å². The van der Waals surface area contributed by atoms with Crippen molar-refractivity contribution in [2.45, 2.75) is 57.0 Å². The van der Waals surface area contributed by atoms with Crippen molar-refractivity contribution in [2.24, 2.45) is 22.5 Å². The molecule has 1 aromatic rings. The lowest BCUT2D eigenvalue weighted by Gasteiger charge is -2.48. The molecule has 2 bridgehead atoms. The Balaban J connectivity index is 1.38. The molecule has 1 aromatic carbocycles. The second kappa shape index (κ2) is 6.41. The van der Waals surface area contributed by atoms with E-state index < -0.39 is 21.0 Å². The van der Waals surface area contributed by atoms with Crippen LogP contribution in [0.2, 0.25) is 0 Å². The standard InChI is InChI=1S/C24H34N2O3S/c1-21(2)19-8-10-23(21,24(27,15-19)16-25)17-30(28,29)26-13-11-22(12-14-26)9-7-18-5-3-4-6-20(18)22/h3-7,9,19,27H,8,10-17,25H2,1-2H3/t19?,23-,24?/m0/s1. The van der Waals surface area contributed by atoms with E-state index in [1.165, 1.54) is 11.1 Å². The van der Waals surface area contributed by atoms with E-state index in [0.29, 0.717) is 25.4 Å². The van der Waals surface area contributed by atoms with E-state index >= 15 is 0 Å². The molecule has 1 heterocycles. The van der Waals surface area contributed by atoms with Crippen LogP contribution in [0.1, 0.15) is 57.1 Å². The number of piperidine rings is 1. The summed E-state index contributed by atoms with van der Waals surface area (Å²) >= 11 is 0. The van der Waals surface area contributed by atoms with E-state index in [2.05, 4.69) is 50.3 Å². The Hall–Kier alpha value is -1.21. The first-order valence-corrected chi connectivity index (χ1v) is 12.9. The van der Waals surface area contributed by atoms with Crippen LogP contribution in [0.3, 0.4) is 0 Å². The van der Waals surface area contributed by atoms with Gasteiger partial charge in [-0.15, -0.1) is 0 Å². The number of rotatable bonds is 4. The highest BCUT2D eigenvalue weighted by Crippen LogP contribution is 2.70. The summed E-state index contributed by atoms with van der Waals surface area (Å²) in [5.74, 6) is 0.349. The molecule has 2 saturated carbocycles. The quantitative estimate of drug-likeness (QED) is 0.769. The fraction of sp³-hybridized carbons (Fsp3) is 0.667. The molecule has 3 fully saturated rings. The van der Waals surface area contributed by atoms with Crippen molar-refractivity contribution in [3.8, 4) is 0 Å². The Morgan fingerprint density at radius 3 is 2.53 bits per heavy atom. The molecule has 0 aromatic heterocycles. The van der Waals surface area contributed by atoms with Gasteiger partial charge in [-0.3, -0.25) is 0 Å². The second-order valence-electron chi connectivity index (χ2n) is 10.7. The number of sulfonamides is 1. The predicted molar refractivity (Wildman–Crippen MR) is 119 cm³/mol. The molecule has 2 unspecified atom stereocenters. The highest BCUT2D eigenvalue weighted by Gasteiger charge is 2.71. The van der Waals surface area contributed by atoms with Gasteiger partial charge in [-0.2, -0.15) is 0 Å². The molecule has 1 saturated heterocycles. The number of allylic oxidation sites excluding steroid dienone is 1. The van der Waals surface area contributed by atoms with E-state index in [9.17, 15) is 13.5 Å². The number of nitrogens with zero attached hydrogens (tertiary/aromatic N) is 1. The number of fused-ring (bicyclic) bond motifs is 4. The molecule has 0 amide bonds. The zero-order valence-electron chi connectivity index (χ0n) is 18.1. The first-order chi connectivity index (χ1) is 14.1. The number of hydrogen-bond donors (Lipinski definition) is 2. The Morgan fingerprint density at radius 1 is 1.17 bits per heavy atom. The van der Waals surface area contributed by atoms with Crippen LogP contribution >= 0.6 is 0 Å². The fourth-order valence-electron chi connectivity index (χ4n) is 7.40. The van der Waals surface area contributed by atoms with Gasteiger partial charge in [-0.25, -0.2) is 12.7 Å². The van der Waals surface area contributed by atoms with Crippen molar-refractivity contribution < 1.29 is 13.5 Å². The summed E-state index contributed by atoms with van der Waals surface area (Å²) in [5, 5.41) is 11.4. The molecule has 1 aliphatic heterocycles. The molecule has 5 rings (SSSR count). The SMILES string of the molecule is CC1(C)C2CC[C@@]1(CS(=O)(=O)N1CCC3(C=Cc4ccccc43)CC1)C(O)(CN)C2. The summed E-state index contributed by atoms with van der Waals surface area (Å²) in [5.41, 5.74) is 6.59. The number of hydrogen-bond acceptors (Lipinski definition) is 4. The Kier molecular flexibility index (Phi) is 4.42. The minimum atomic E-state index is -3.49. The average Bonchev–Trinajstić information content (AvgIpc) is 3.24. The van der Waals surface area contributed by atoms with Gasteiger partial charge < -0.3 is 10.8 Å². The third-order valence-electron chi connectivity index (χ3n) is 9.50. The van der Waals surface area contributed by atoms with E-state index in [1.54, 1.807) is 4.31 Å². The monoisotopic (exact) mass is 430 g/mol. The molecule has 164 valence electrons. The second-order valence-corrected chi connectivity index (χ2v) is 12.7. The van der Waals surface area contributed by atoms with E-state index in [4.69, 9.17) is 5.73 Å². The van der Waals surface area contributed by atoms with Crippen LogP contribution in [-0.4, -0.2) is 48.8 Å². The zero-order chi connectivity index (χ0) is 21.4. The Bertz CT molecular complexity index is 993. The zero-order valence-corrected chi connectivity index (χ0v) is 18.9. The highest BCUT2D eigenvalue weighted by molar-refractivity contribution is 7.89. The molecule has 5 nitrogen and oxygen atoms in total. The lowest BCUT2D eigenvalue weighted by Crippen LogP contribution is -2.59. The van der Waals surface area contributed by atoms with E-state index in [1.807, 2.05) is 0 Å². The van der Waals surface area contributed by atoms with Gasteiger partial charge in [0, 0.05) is 30.5 Å². The minimum Gasteiger partial charge on any atom is -0.388 e. The molecular formula is C24H34N2O3S. The van der Waals surface area contributed by atoms with Crippen LogP contribution in [0.5, 0.6) is 0 Å². The maximum atomic E-state index is 13.6. The average molecular weight is 431 g/mol. The first-order valence-electron chi connectivity index (χ1n) is 11.3. The van der Waals surface area contributed by atoms with Crippen molar-refractivity contribution in [3.05, 3.63) is 41.5 Å². The third-order valence-corrected chi connectivity index (χ3v) is 11.5. The molecule has 0 radical (unpaired) electrons. The molecule has 4 aliphatic rings. The number of nitrogens with two attached hydrogens (primary N) is 1. The fourth-order valence-corrected chi connectivity index (χ4v) is 9.72. The van der Waals surface area contributed by atoms with Crippen LogP contribution in [0.25, 0.3) is 6.08 Å². The summed E-state index contributed by atoms with van der Waals surface area (Å²) < 4.78 is 28.9. The Labute approximate surface area is 180 Å². The van der Waals surface area contributed by atoms with Gasteiger partial charge in [0.2, 0.25) is 10.0 Å². The summed E-state index contributed by atoms with van der Waals surface area (Å²) in [6.45, 7) is 5.47. The van der Waals surface area contributed by atoms with Crippen LogP contribution in [-0.2, 0) is 15.4 Å². The smallest absolute Gasteiger partial charge is 0.214 e. The van der Waals surface area contributed by atoms with Crippen molar-refractivity contribution in [1.29, 1.82) is 0 Å². The molecule has 1 spiro atoms. The van der Waals surface area contributed by atoms with E-state index in [0.717, 1.165) is 25.7 Å². The predicted octanol–water partition coefficient (Wildman–Crippen LogP) is 2.89. The van der Waals surface area contributed by atoms with Crippen LogP contribution < -0.4 is 5.73 Å². The van der Waals surface area contributed by atoms with Crippen LogP contribution in [0, 0.1) is 16.7 Å². The molecule has 6 heteroatoms. The molecule has 3 N–H and O–H groups in total. The third kappa shape index (κ3) is 2.54. The summed E-state index contributed by atoms with van der Waals surface area (Å²) in [7, 11) is -3.49. The summed E-state index contributed by atoms with van der Waals surface area (Å²) in [6.07, 6.45) is 8.41. The number of aliphatic hydroxyl groups is 1. The van der Waals surface area contributed by atoms with Gasteiger partial charge in [0.05, 0.1) is 11.4 Å². The summed E-state index contributed by atoms with van der Waals surface area (Å²) in [6, 6.07) is 8.44. The maximum absolute atomic E-state index is 13.6. The topological polar surface area (TPSA) is 83.6 Å². The maximum Gasteiger partial charge on any atom is 0.214 e. The van der Waals surface area contributed by atoms with Crippen molar-refractivity contribution in [1.82, 2.24) is 4.31 Å². The number of benzene rings is 1. The lowest BCUT2D eigenvalue weighted by molar-refractivity contribution is -0.0798. The van der Waals surface area contributed by atoms with Crippen molar-refractivity contribution >= 4 is 16.1 Å². The van der Waals surface area contributed by atoms with Gasteiger partial charge in [-0.05, 0) is 54.6 Å². The van der Waals surface area contributed by atoms with Gasteiger partial charge in [0.25, 0.3) is 0 Å². The van der Waals surface area contributed by atoms with Gasteiger partial charge in [0.1, 0.15) is 0 Å². The summed E-state index contributed by atoms with van der Waals surface area (Å²) in [4.78, 5) is 0. The highest BCUT2D eigenvalue weighted by atomic mass is 32.2. The minimum absolute atomic E-state index is 0.0105. The van der Waals surface area contributed by atoms with Gasteiger partial charge >= 0.3 is 0 Å². The first kappa shape index (κ1) is 20.7. The van der Waals surface area contributed by atoms with E-state index in [-0.39, 0.29) is 23.1 Å². The van der Waals surface area contributed by atoms with Gasteiger partial charge in [0.15, 0.2) is 0 Å². The molecule has 3 atom stereocenters. The lowest BCUT2D eigenvalue weighted by atomic mass is 9.64.